The minimum absolute atomic E-state index is 0.111. The van der Waals surface area contributed by atoms with Gasteiger partial charge in [0.1, 0.15) is 5.75 Å². The first-order valence-electron chi connectivity index (χ1n) is 8.37. The Kier molecular flexibility index (Phi) is 7.31. The molecule has 1 amide bonds. The third-order valence-electron chi connectivity index (χ3n) is 3.64. The first kappa shape index (κ1) is 20.4. The number of nitrogens with one attached hydrogen (secondary N) is 1. The Morgan fingerprint density at radius 2 is 2.00 bits per heavy atom. The molecular weight excluding hydrogens is 370 g/mol. The molecule has 0 aliphatic carbocycles. The number of nitrogens with zero attached hydrogens (tertiary/aromatic N) is 2. The molecular formula is C19H20ClN3O4. The SMILES string of the molecule is CC(C)CCOc1ccc(C(=O)N/N=C/c2cc([N+](=O)[O-])ccc2Cl)cc1. The molecule has 0 aliphatic rings. The third-order valence-corrected chi connectivity index (χ3v) is 3.98. The van der Waals surface area contributed by atoms with Crippen molar-refractivity contribution in [3.05, 3.63) is 68.7 Å². The van der Waals surface area contributed by atoms with Crippen LogP contribution in [0, 0.1) is 16.0 Å². The van der Waals surface area contributed by atoms with Crippen LogP contribution in [-0.4, -0.2) is 23.7 Å². The van der Waals surface area contributed by atoms with Crippen LogP contribution in [0.1, 0.15) is 36.2 Å². The Balaban J connectivity index is 1.94. The van der Waals surface area contributed by atoms with Crippen LogP contribution in [-0.2, 0) is 0 Å². The Morgan fingerprint density at radius 1 is 1.30 bits per heavy atom. The molecule has 0 radical (unpaired) electrons. The molecule has 0 bridgehead atoms. The van der Waals surface area contributed by atoms with Gasteiger partial charge in [0, 0.05) is 28.3 Å². The fraction of sp³-hybridized carbons (Fsp3) is 0.263. The van der Waals surface area contributed by atoms with Crippen LogP contribution in [0.15, 0.2) is 47.6 Å². The first-order valence-corrected chi connectivity index (χ1v) is 8.75. The Morgan fingerprint density at radius 3 is 2.63 bits per heavy atom. The topological polar surface area (TPSA) is 93.8 Å². The summed E-state index contributed by atoms with van der Waals surface area (Å²) in [6, 6.07) is 10.7. The van der Waals surface area contributed by atoms with Crippen molar-refractivity contribution in [3.8, 4) is 5.75 Å². The number of carbonyl (C=O) groups is 1. The molecule has 1 N–H and O–H groups in total. The lowest BCUT2D eigenvalue weighted by Gasteiger charge is -2.08. The number of non-ortho nitro benzene ring substituents is 1. The maximum Gasteiger partial charge on any atom is 0.271 e. The van der Waals surface area contributed by atoms with E-state index in [1.54, 1.807) is 24.3 Å². The van der Waals surface area contributed by atoms with Crippen molar-refractivity contribution >= 4 is 29.4 Å². The fourth-order valence-electron chi connectivity index (χ4n) is 2.08. The van der Waals surface area contributed by atoms with Crippen molar-refractivity contribution in [2.45, 2.75) is 20.3 Å². The van der Waals surface area contributed by atoms with Crippen LogP contribution in [0.2, 0.25) is 5.02 Å². The van der Waals surface area contributed by atoms with E-state index in [0.29, 0.717) is 34.4 Å². The second kappa shape index (κ2) is 9.68. The van der Waals surface area contributed by atoms with Gasteiger partial charge in [-0.15, -0.1) is 0 Å². The van der Waals surface area contributed by atoms with E-state index in [1.807, 2.05) is 0 Å². The summed E-state index contributed by atoms with van der Waals surface area (Å²) >= 11 is 5.97. The number of hydrazone groups is 1. The van der Waals surface area contributed by atoms with Gasteiger partial charge in [-0.2, -0.15) is 5.10 Å². The second-order valence-corrected chi connectivity index (χ2v) is 6.62. The highest BCUT2D eigenvalue weighted by atomic mass is 35.5. The summed E-state index contributed by atoms with van der Waals surface area (Å²) in [5.41, 5.74) is 3.00. The lowest BCUT2D eigenvalue weighted by Crippen LogP contribution is -2.17. The minimum atomic E-state index is -0.531. The molecule has 142 valence electrons. The molecule has 2 rings (SSSR count). The van der Waals surface area contributed by atoms with E-state index in [4.69, 9.17) is 16.3 Å². The molecule has 0 spiro atoms. The van der Waals surface area contributed by atoms with Gasteiger partial charge < -0.3 is 4.74 Å². The highest BCUT2D eigenvalue weighted by Crippen LogP contribution is 2.20. The maximum atomic E-state index is 12.1. The lowest BCUT2D eigenvalue weighted by atomic mass is 10.1. The normalized spacial score (nSPS) is 11.0. The number of rotatable bonds is 8. The van der Waals surface area contributed by atoms with Crippen LogP contribution in [0.25, 0.3) is 0 Å². The molecule has 0 fully saturated rings. The molecule has 0 unspecified atom stereocenters. The fourth-order valence-corrected chi connectivity index (χ4v) is 2.25. The second-order valence-electron chi connectivity index (χ2n) is 6.22. The molecule has 2 aromatic rings. The van der Waals surface area contributed by atoms with Crippen molar-refractivity contribution < 1.29 is 14.5 Å². The molecule has 27 heavy (non-hydrogen) atoms. The zero-order valence-electron chi connectivity index (χ0n) is 15.0. The molecule has 0 saturated heterocycles. The van der Waals surface area contributed by atoms with Gasteiger partial charge >= 0.3 is 0 Å². The van der Waals surface area contributed by atoms with Crippen molar-refractivity contribution in [2.75, 3.05) is 6.61 Å². The Bertz CT molecular complexity index is 835. The summed E-state index contributed by atoms with van der Waals surface area (Å²) in [6.07, 6.45) is 2.22. The number of nitro benzene ring substituents is 1. The van der Waals surface area contributed by atoms with Gasteiger partial charge in [-0.1, -0.05) is 25.4 Å². The number of hydrogen-bond acceptors (Lipinski definition) is 5. The number of carbonyl (C=O) groups excluding carboxylic acids is 1. The van der Waals surface area contributed by atoms with Crippen LogP contribution < -0.4 is 10.2 Å². The van der Waals surface area contributed by atoms with Gasteiger partial charge in [-0.3, -0.25) is 14.9 Å². The van der Waals surface area contributed by atoms with Crippen molar-refractivity contribution in [1.82, 2.24) is 5.43 Å². The van der Waals surface area contributed by atoms with E-state index in [9.17, 15) is 14.9 Å². The van der Waals surface area contributed by atoms with Crippen LogP contribution >= 0.6 is 11.6 Å². The Labute approximate surface area is 162 Å². The molecule has 0 saturated carbocycles. The van der Waals surface area contributed by atoms with E-state index < -0.39 is 10.8 Å². The lowest BCUT2D eigenvalue weighted by molar-refractivity contribution is -0.384. The number of hydrogen-bond donors (Lipinski definition) is 1. The highest BCUT2D eigenvalue weighted by molar-refractivity contribution is 6.33. The van der Waals surface area contributed by atoms with Crippen molar-refractivity contribution in [2.24, 2.45) is 11.0 Å². The summed E-state index contributed by atoms with van der Waals surface area (Å²) in [7, 11) is 0. The van der Waals surface area contributed by atoms with E-state index in [0.717, 1.165) is 6.42 Å². The molecule has 8 heteroatoms. The zero-order chi connectivity index (χ0) is 19.8. The predicted molar refractivity (Wildman–Crippen MR) is 105 cm³/mol. The molecule has 0 atom stereocenters. The summed E-state index contributed by atoms with van der Waals surface area (Å²) < 4.78 is 5.60. The van der Waals surface area contributed by atoms with Gasteiger partial charge in [0.05, 0.1) is 17.7 Å². The standard InChI is InChI=1S/C19H20ClN3O4/c1-13(2)9-10-27-17-6-3-14(4-7-17)19(24)22-21-12-15-11-16(23(25)26)5-8-18(15)20/h3-8,11-13H,9-10H2,1-2H3,(H,22,24)/b21-12+. The number of halogens is 1. The van der Waals surface area contributed by atoms with Crippen molar-refractivity contribution in [3.63, 3.8) is 0 Å². The average Bonchev–Trinajstić information content (AvgIpc) is 2.63. The quantitative estimate of drug-likeness (QED) is 0.410. The smallest absolute Gasteiger partial charge is 0.271 e. The molecule has 0 heterocycles. The largest absolute Gasteiger partial charge is 0.494 e. The van der Waals surface area contributed by atoms with Crippen molar-refractivity contribution in [1.29, 1.82) is 0 Å². The van der Waals surface area contributed by atoms with E-state index in [2.05, 4.69) is 24.4 Å². The first-order chi connectivity index (χ1) is 12.9. The van der Waals surface area contributed by atoms with Crippen LogP contribution in [0.4, 0.5) is 5.69 Å². The van der Waals surface area contributed by atoms with Gasteiger partial charge in [-0.05, 0) is 42.7 Å². The molecule has 7 nitrogen and oxygen atoms in total. The van der Waals surface area contributed by atoms with Gasteiger partial charge in [-0.25, -0.2) is 5.43 Å². The maximum absolute atomic E-state index is 12.1. The van der Waals surface area contributed by atoms with E-state index >= 15 is 0 Å². The monoisotopic (exact) mass is 389 g/mol. The van der Waals surface area contributed by atoms with Gasteiger partial charge in [0.2, 0.25) is 0 Å². The average molecular weight is 390 g/mol. The van der Waals surface area contributed by atoms with Crippen LogP contribution in [0.3, 0.4) is 0 Å². The summed E-state index contributed by atoms with van der Waals surface area (Å²) in [5, 5.41) is 14.9. The number of benzene rings is 2. The summed E-state index contributed by atoms with van der Waals surface area (Å²) in [6.45, 7) is 4.87. The molecule has 2 aromatic carbocycles. The number of amides is 1. The van der Waals surface area contributed by atoms with E-state index in [1.165, 1.54) is 24.4 Å². The highest BCUT2D eigenvalue weighted by Gasteiger charge is 2.09. The van der Waals surface area contributed by atoms with E-state index in [-0.39, 0.29) is 5.69 Å². The van der Waals surface area contributed by atoms with Crippen LogP contribution in [0.5, 0.6) is 5.75 Å². The number of nitro groups is 1. The van der Waals surface area contributed by atoms with Gasteiger partial charge in [0.25, 0.3) is 11.6 Å². The number of ether oxygens (including phenoxy) is 1. The minimum Gasteiger partial charge on any atom is -0.494 e. The van der Waals surface area contributed by atoms with Gasteiger partial charge in [0.15, 0.2) is 0 Å². The summed E-state index contributed by atoms with van der Waals surface area (Å²) in [5.74, 6) is 0.841. The third kappa shape index (κ3) is 6.38. The zero-order valence-corrected chi connectivity index (χ0v) is 15.8. The summed E-state index contributed by atoms with van der Waals surface area (Å²) in [4.78, 5) is 22.4. The molecule has 0 aliphatic heterocycles. The Hall–Kier alpha value is -2.93. The molecule has 0 aromatic heterocycles. The predicted octanol–water partition coefficient (Wildman–Crippen LogP) is 4.44.